The Kier molecular flexibility index (Phi) is 3.71. The molecule has 0 unspecified atom stereocenters. The fourth-order valence-corrected chi connectivity index (χ4v) is 1.07. The molecule has 0 radical (unpaired) electrons. The molecule has 1 rings (SSSR count). The number of nitrogens with zero attached hydrogens (tertiary/aromatic N) is 1. The van der Waals surface area contributed by atoms with E-state index in [1.54, 1.807) is 25.1 Å². The molecule has 0 aromatic heterocycles. The van der Waals surface area contributed by atoms with Crippen LogP contribution in [-0.4, -0.2) is 11.9 Å². The Morgan fingerprint density at radius 3 is 2.69 bits per heavy atom. The summed E-state index contributed by atoms with van der Waals surface area (Å²) in [4.78, 5) is 15.0. The molecule has 0 aliphatic heterocycles. The topological polar surface area (TPSA) is 117 Å². The van der Waals surface area contributed by atoms with E-state index in [0.717, 1.165) is 0 Å². The van der Waals surface area contributed by atoms with Crippen molar-refractivity contribution in [3.05, 3.63) is 18.2 Å². The minimum atomic E-state index is -0.398. The highest BCUT2D eigenvalue weighted by Gasteiger charge is 2.10. The summed E-state index contributed by atoms with van der Waals surface area (Å²) in [6, 6.07) is 4.87. The van der Waals surface area contributed by atoms with E-state index in [4.69, 9.17) is 21.9 Å². The van der Waals surface area contributed by atoms with Gasteiger partial charge >= 0.3 is 5.97 Å². The van der Waals surface area contributed by atoms with Crippen molar-refractivity contribution in [3.8, 4) is 5.75 Å². The lowest BCUT2D eigenvalue weighted by atomic mass is 10.2. The second-order valence-corrected chi connectivity index (χ2v) is 3.06. The molecule has 6 nitrogen and oxygen atoms in total. The molecule has 6 N–H and O–H groups in total. The van der Waals surface area contributed by atoms with Gasteiger partial charge in [-0.3, -0.25) is 4.79 Å². The van der Waals surface area contributed by atoms with E-state index < -0.39 is 5.97 Å². The highest BCUT2D eigenvalue weighted by Crippen LogP contribution is 2.33. The van der Waals surface area contributed by atoms with Crippen molar-refractivity contribution in [2.75, 3.05) is 5.73 Å². The summed E-state index contributed by atoms with van der Waals surface area (Å²) in [5, 5.41) is 0. The molecule has 0 heterocycles. The van der Waals surface area contributed by atoms with E-state index in [1.165, 1.54) is 0 Å². The zero-order valence-corrected chi connectivity index (χ0v) is 8.93. The van der Waals surface area contributed by atoms with Crippen LogP contribution in [0, 0.1) is 0 Å². The van der Waals surface area contributed by atoms with Crippen molar-refractivity contribution >= 4 is 23.3 Å². The summed E-state index contributed by atoms with van der Waals surface area (Å²) in [6.07, 6.45) is 0.246. The molecule has 6 heteroatoms. The molecule has 0 aliphatic carbocycles. The lowest BCUT2D eigenvalue weighted by molar-refractivity contribution is -0.133. The van der Waals surface area contributed by atoms with Gasteiger partial charge in [0.1, 0.15) is 5.69 Å². The summed E-state index contributed by atoms with van der Waals surface area (Å²) < 4.78 is 5.04. The zero-order chi connectivity index (χ0) is 12.1. The molecule has 1 aromatic rings. The van der Waals surface area contributed by atoms with E-state index >= 15 is 0 Å². The lowest BCUT2D eigenvalue weighted by Crippen LogP contribution is -2.22. The van der Waals surface area contributed by atoms with Crippen LogP contribution in [0.5, 0.6) is 5.75 Å². The summed E-state index contributed by atoms with van der Waals surface area (Å²) in [7, 11) is 0. The fourth-order valence-electron chi connectivity index (χ4n) is 1.07. The van der Waals surface area contributed by atoms with Gasteiger partial charge in [0.2, 0.25) is 0 Å². The summed E-state index contributed by atoms with van der Waals surface area (Å²) in [5.41, 5.74) is 16.8. The molecule has 16 heavy (non-hydrogen) atoms. The van der Waals surface area contributed by atoms with Crippen molar-refractivity contribution in [1.29, 1.82) is 0 Å². The molecule has 0 amide bonds. The number of guanidine groups is 1. The molecule has 0 saturated carbocycles. The van der Waals surface area contributed by atoms with Crippen LogP contribution in [0.2, 0.25) is 0 Å². The third-order valence-electron chi connectivity index (χ3n) is 1.78. The molecular formula is C10H14N4O2. The highest BCUT2D eigenvalue weighted by molar-refractivity contribution is 5.84. The second kappa shape index (κ2) is 5.01. The standard InChI is InChI=1S/C10H14N4O2/c1-2-8(15)16-9-6(11)4-3-5-7(9)14-10(12)13/h3-5H,2,11H2,1H3,(H4,12,13,14). The van der Waals surface area contributed by atoms with Crippen molar-refractivity contribution in [2.24, 2.45) is 16.5 Å². The maximum atomic E-state index is 11.2. The first-order valence-corrected chi connectivity index (χ1v) is 4.73. The Morgan fingerprint density at radius 2 is 2.12 bits per heavy atom. The van der Waals surface area contributed by atoms with E-state index in [-0.39, 0.29) is 18.1 Å². The van der Waals surface area contributed by atoms with Crippen LogP contribution in [0.25, 0.3) is 0 Å². The predicted molar refractivity (Wildman–Crippen MR) is 62.3 cm³/mol. The van der Waals surface area contributed by atoms with Gasteiger partial charge in [0.15, 0.2) is 11.7 Å². The first kappa shape index (κ1) is 11.8. The second-order valence-electron chi connectivity index (χ2n) is 3.06. The number of rotatable bonds is 3. The van der Waals surface area contributed by atoms with E-state index in [1.807, 2.05) is 0 Å². The quantitative estimate of drug-likeness (QED) is 0.226. The van der Waals surface area contributed by atoms with Gasteiger partial charge in [-0.25, -0.2) is 4.99 Å². The first-order valence-electron chi connectivity index (χ1n) is 4.73. The molecule has 1 aromatic carbocycles. The number of carbonyl (C=O) groups excluding carboxylic acids is 1. The average molecular weight is 222 g/mol. The normalized spacial score (nSPS) is 9.56. The van der Waals surface area contributed by atoms with E-state index in [2.05, 4.69) is 4.99 Å². The third-order valence-corrected chi connectivity index (χ3v) is 1.78. The number of hydrogen-bond donors (Lipinski definition) is 3. The predicted octanol–water partition coefficient (Wildman–Crippen LogP) is 0.489. The SMILES string of the molecule is CCC(=O)Oc1c(N)cccc1N=C(N)N. The van der Waals surface area contributed by atoms with Gasteiger partial charge in [-0.2, -0.15) is 0 Å². The summed E-state index contributed by atoms with van der Waals surface area (Å²) in [5.74, 6) is -0.341. The van der Waals surface area contributed by atoms with Crippen LogP contribution >= 0.6 is 0 Å². The number of esters is 1. The number of nitrogen functional groups attached to an aromatic ring is 1. The molecule has 0 bridgehead atoms. The largest absolute Gasteiger partial charge is 0.422 e. The van der Waals surface area contributed by atoms with Gasteiger partial charge in [0, 0.05) is 6.42 Å². The molecular weight excluding hydrogens is 208 g/mol. The Hall–Kier alpha value is -2.24. The van der Waals surface area contributed by atoms with Crippen molar-refractivity contribution < 1.29 is 9.53 Å². The number of aliphatic imine (C=N–C) groups is 1. The van der Waals surface area contributed by atoms with Crippen molar-refractivity contribution in [1.82, 2.24) is 0 Å². The summed E-state index contributed by atoms with van der Waals surface area (Å²) >= 11 is 0. The number of ether oxygens (including phenoxy) is 1. The molecule has 0 atom stereocenters. The number of benzene rings is 1. The molecule has 0 aliphatic rings. The van der Waals surface area contributed by atoms with Crippen LogP contribution in [0.3, 0.4) is 0 Å². The van der Waals surface area contributed by atoms with E-state index in [0.29, 0.717) is 11.4 Å². The Bertz CT molecular complexity index is 425. The number of anilines is 1. The van der Waals surface area contributed by atoms with E-state index in [9.17, 15) is 4.79 Å². The average Bonchev–Trinajstić information content (AvgIpc) is 2.22. The molecule has 0 saturated heterocycles. The first-order chi connectivity index (χ1) is 7.54. The molecule has 86 valence electrons. The number of para-hydroxylation sites is 1. The summed E-state index contributed by atoms with van der Waals surface area (Å²) in [6.45, 7) is 1.68. The van der Waals surface area contributed by atoms with Crippen LogP contribution in [0.15, 0.2) is 23.2 Å². The number of carbonyl (C=O) groups is 1. The van der Waals surface area contributed by atoms with Gasteiger partial charge in [0.25, 0.3) is 0 Å². The monoisotopic (exact) mass is 222 g/mol. The van der Waals surface area contributed by atoms with Crippen molar-refractivity contribution in [2.45, 2.75) is 13.3 Å². The number of hydrogen-bond acceptors (Lipinski definition) is 4. The van der Waals surface area contributed by atoms with Crippen molar-refractivity contribution in [3.63, 3.8) is 0 Å². The minimum Gasteiger partial charge on any atom is -0.422 e. The molecule has 0 spiro atoms. The highest BCUT2D eigenvalue weighted by atomic mass is 16.5. The van der Waals surface area contributed by atoms with Crippen LogP contribution in [0.1, 0.15) is 13.3 Å². The maximum Gasteiger partial charge on any atom is 0.311 e. The van der Waals surface area contributed by atoms with Crippen LogP contribution < -0.4 is 21.9 Å². The van der Waals surface area contributed by atoms with Gasteiger partial charge in [-0.1, -0.05) is 13.0 Å². The Morgan fingerprint density at radius 1 is 1.44 bits per heavy atom. The van der Waals surface area contributed by atoms with Gasteiger partial charge in [0.05, 0.1) is 5.69 Å². The van der Waals surface area contributed by atoms with Crippen LogP contribution in [0.4, 0.5) is 11.4 Å². The fraction of sp³-hybridized carbons (Fsp3) is 0.200. The smallest absolute Gasteiger partial charge is 0.311 e. The third kappa shape index (κ3) is 2.88. The maximum absolute atomic E-state index is 11.2. The minimum absolute atomic E-state index is 0.126. The zero-order valence-electron chi connectivity index (χ0n) is 8.93. The van der Waals surface area contributed by atoms with Crippen LogP contribution in [-0.2, 0) is 4.79 Å². The van der Waals surface area contributed by atoms with Gasteiger partial charge < -0.3 is 21.9 Å². The number of nitrogens with two attached hydrogens (primary N) is 3. The Labute approximate surface area is 93.1 Å². The van der Waals surface area contributed by atoms with Gasteiger partial charge in [-0.15, -0.1) is 0 Å². The van der Waals surface area contributed by atoms with Gasteiger partial charge in [-0.05, 0) is 12.1 Å². The molecule has 0 fully saturated rings. The Balaban J connectivity index is 3.13. The lowest BCUT2D eigenvalue weighted by Gasteiger charge is -2.08.